The lowest BCUT2D eigenvalue weighted by Crippen LogP contribution is -1.85. The van der Waals surface area contributed by atoms with Crippen LogP contribution in [0.25, 0.3) is 11.1 Å². The SMILES string of the molecule is Oc1cccc(-c2cc(Cl)c(Cl)c(Cl)c2Cl)c1O. The van der Waals surface area contributed by atoms with Crippen LogP contribution in [0.5, 0.6) is 11.5 Å². The molecule has 0 aliphatic rings. The van der Waals surface area contributed by atoms with E-state index in [1.807, 2.05) is 0 Å². The van der Waals surface area contributed by atoms with Crippen LogP contribution in [0, 0.1) is 0 Å². The molecule has 18 heavy (non-hydrogen) atoms. The number of phenolic OH excluding ortho intramolecular Hbond substituents is 2. The van der Waals surface area contributed by atoms with Crippen molar-refractivity contribution in [1.82, 2.24) is 0 Å². The summed E-state index contributed by atoms with van der Waals surface area (Å²) in [5.41, 5.74) is 0.713. The smallest absolute Gasteiger partial charge is 0.165 e. The van der Waals surface area contributed by atoms with Crippen molar-refractivity contribution in [1.29, 1.82) is 0 Å². The van der Waals surface area contributed by atoms with E-state index < -0.39 is 0 Å². The zero-order valence-corrected chi connectivity index (χ0v) is 11.7. The van der Waals surface area contributed by atoms with Gasteiger partial charge in [-0.05, 0) is 12.1 Å². The summed E-state index contributed by atoms with van der Waals surface area (Å²) in [6.45, 7) is 0. The lowest BCUT2D eigenvalue weighted by atomic mass is 10.0. The molecule has 0 bridgehead atoms. The largest absolute Gasteiger partial charge is 0.504 e. The van der Waals surface area contributed by atoms with Crippen LogP contribution in [0.4, 0.5) is 0 Å². The Morgan fingerprint density at radius 3 is 2.11 bits per heavy atom. The van der Waals surface area contributed by atoms with E-state index in [1.54, 1.807) is 12.1 Å². The molecular weight excluding hydrogens is 318 g/mol. The third kappa shape index (κ3) is 2.21. The first kappa shape index (κ1) is 13.6. The summed E-state index contributed by atoms with van der Waals surface area (Å²) >= 11 is 23.8. The maximum Gasteiger partial charge on any atom is 0.165 e. The highest BCUT2D eigenvalue weighted by atomic mass is 35.5. The van der Waals surface area contributed by atoms with Gasteiger partial charge in [0.1, 0.15) is 0 Å². The second kappa shape index (κ2) is 5.06. The molecule has 0 aromatic heterocycles. The van der Waals surface area contributed by atoms with Crippen LogP contribution in [0.2, 0.25) is 20.1 Å². The van der Waals surface area contributed by atoms with E-state index in [4.69, 9.17) is 46.4 Å². The van der Waals surface area contributed by atoms with E-state index in [0.717, 1.165) is 0 Å². The number of aromatic hydroxyl groups is 2. The Morgan fingerprint density at radius 2 is 1.44 bits per heavy atom. The van der Waals surface area contributed by atoms with Crippen molar-refractivity contribution >= 4 is 46.4 Å². The monoisotopic (exact) mass is 322 g/mol. The Balaban J connectivity index is 2.76. The summed E-state index contributed by atoms with van der Waals surface area (Å²) in [7, 11) is 0. The van der Waals surface area contributed by atoms with Gasteiger partial charge in [-0.1, -0.05) is 58.5 Å². The van der Waals surface area contributed by atoms with E-state index in [2.05, 4.69) is 0 Å². The number of hydrogen-bond acceptors (Lipinski definition) is 2. The second-order valence-electron chi connectivity index (χ2n) is 3.52. The van der Waals surface area contributed by atoms with E-state index >= 15 is 0 Å². The van der Waals surface area contributed by atoms with Crippen molar-refractivity contribution in [3.05, 3.63) is 44.4 Å². The minimum atomic E-state index is -0.297. The van der Waals surface area contributed by atoms with Crippen molar-refractivity contribution < 1.29 is 10.2 Å². The Bertz CT molecular complexity index is 626. The molecule has 2 aromatic carbocycles. The van der Waals surface area contributed by atoms with Crippen LogP contribution in [0.15, 0.2) is 24.3 Å². The van der Waals surface area contributed by atoms with E-state index in [0.29, 0.717) is 11.1 Å². The van der Waals surface area contributed by atoms with Gasteiger partial charge in [0.15, 0.2) is 11.5 Å². The number of para-hydroxylation sites is 1. The van der Waals surface area contributed by atoms with Gasteiger partial charge in [-0.2, -0.15) is 0 Å². The molecular formula is C12H6Cl4O2. The number of phenols is 2. The summed E-state index contributed by atoms with van der Waals surface area (Å²) in [5.74, 6) is -0.556. The highest BCUT2D eigenvalue weighted by Gasteiger charge is 2.17. The third-order valence-corrected chi connectivity index (χ3v) is 4.16. The molecule has 0 radical (unpaired) electrons. The number of benzene rings is 2. The molecule has 2 nitrogen and oxygen atoms in total. The molecule has 2 aromatic rings. The number of rotatable bonds is 1. The highest BCUT2D eigenvalue weighted by Crippen LogP contribution is 2.46. The van der Waals surface area contributed by atoms with E-state index in [-0.39, 0.29) is 31.6 Å². The van der Waals surface area contributed by atoms with Crippen molar-refractivity contribution in [3.63, 3.8) is 0 Å². The van der Waals surface area contributed by atoms with Crippen molar-refractivity contribution in [3.8, 4) is 22.6 Å². The molecule has 0 heterocycles. The van der Waals surface area contributed by atoms with Gasteiger partial charge in [0.05, 0.1) is 20.1 Å². The van der Waals surface area contributed by atoms with Crippen molar-refractivity contribution in [2.45, 2.75) is 0 Å². The predicted octanol–water partition coefficient (Wildman–Crippen LogP) is 5.38. The Hall–Kier alpha value is -0.800. The molecule has 2 rings (SSSR count). The average Bonchev–Trinajstić information content (AvgIpc) is 2.35. The van der Waals surface area contributed by atoms with Crippen LogP contribution >= 0.6 is 46.4 Å². The second-order valence-corrected chi connectivity index (χ2v) is 5.06. The fourth-order valence-electron chi connectivity index (χ4n) is 1.52. The lowest BCUT2D eigenvalue weighted by Gasteiger charge is -2.11. The third-order valence-electron chi connectivity index (χ3n) is 2.41. The molecule has 94 valence electrons. The molecule has 0 saturated heterocycles. The summed E-state index contributed by atoms with van der Waals surface area (Å²) in [6.07, 6.45) is 0. The molecule has 0 unspecified atom stereocenters. The van der Waals surface area contributed by atoms with Crippen LogP contribution in [0.3, 0.4) is 0 Å². The fraction of sp³-hybridized carbons (Fsp3) is 0. The van der Waals surface area contributed by atoms with Gasteiger partial charge >= 0.3 is 0 Å². The van der Waals surface area contributed by atoms with E-state index in [1.165, 1.54) is 12.1 Å². The predicted molar refractivity (Wildman–Crippen MR) is 75.2 cm³/mol. The maximum absolute atomic E-state index is 9.80. The molecule has 0 aliphatic heterocycles. The Labute approximate surface area is 123 Å². The summed E-state index contributed by atoms with van der Waals surface area (Å²) in [4.78, 5) is 0. The van der Waals surface area contributed by atoms with Gasteiger partial charge in [-0.15, -0.1) is 0 Å². The van der Waals surface area contributed by atoms with Gasteiger partial charge in [0.2, 0.25) is 0 Å². The van der Waals surface area contributed by atoms with Gasteiger partial charge in [0.25, 0.3) is 0 Å². The van der Waals surface area contributed by atoms with Crippen LogP contribution in [-0.2, 0) is 0 Å². The molecule has 0 fully saturated rings. The molecule has 0 amide bonds. The number of hydrogen-bond donors (Lipinski definition) is 2. The zero-order valence-electron chi connectivity index (χ0n) is 8.72. The Kier molecular flexibility index (Phi) is 3.83. The molecule has 0 saturated carbocycles. The van der Waals surface area contributed by atoms with Crippen molar-refractivity contribution in [2.24, 2.45) is 0 Å². The molecule has 0 aliphatic carbocycles. The lowest BCUT2D eigenvalue weighted by molar-refractivity contribution is 0.405. The normalized spacial score (nSPS) is 10.7. The summed E-state index contributed by atoms with van der Waals surface area (Å²) in [5, 5.41) is 19.9. The topological polar surface area (TPSA) is 40.5 Å². The van der Waals surface area contributed by atoms with Gasteiger partial charge in [-0.25, -0.2) is 0 Å². The quantitative estimate of drug-likeness (QED) is 0.420. The fourth-order valence-corrected chi connectivity index (χ4v) is 2.42. The highest BCUT2D eigenvalue weighted by molar-refractivity contribution is 6.52. The van der Waals surface area contributed by atoms with Gasteiger partial charge in [-0.3, -0.25) is 0 Å². The first-order valence-corrected chi connectivity index (χ1v) is 6.29. The summed E-state index contributed by atoms with van der Waals surface area (Å²) < 4.78 is 0. The average molecular weight is 324 g/mol. The van der Waals surface area contributed by atoms with Crippen LogP contribution in [-0.4, -0.2) is 10.2 Å². The first-order chi connectivity index (χ1) is 8.43. The molecule has 0 spiro atoms. The van der Waals surface area contributed by atoms with Crippen LogP contribution in [0.1, 0.15) is 0 Å². The minimum Gasteiger partial charge on any atom is -0.504 e. The minimum absolute atomic E-state index is 0.101. The molecule has 6 heteroatoms. The summed E-state index contributed by atoms with van der Waals surface area (Å²) in [6, 6.07) is 5.98. The molecule has 2 N–H and O–H groups in total. The first-order valence-electron chi connectivity index (χ1n) is 4.77. The zero-order chi connectivity index (χ0) is 13.4. The Morgan fingerprint density at radius 1 is 0.778 bits per heavy atom. The van der Waals surface area contributed by atoms with Gasteiger partial charge in [0, 0.05) is 11.1 Å². The maximum atomic E-state index is 9.80. The number of halogens is 4. The van der Waals surface area contributed by atoms with Crippen LogP contribution < -0.4 is 0 Å². The standard InChI is InChI=1S/C12H6Cl4O2/c13-7-4-6(9(14)11(16)10(7)15)5-2-1-3-8(17)12(5)18/h1-4,17-18H. The molecule has 0 atom stereocenters. The van der Waals surface area contributed by atoms with Crippen molar-refractivity contribution in [2.75, 3.05) is 0 Å². The van der Waals surface area contributed by atoms with Gasteiger partial charge < -0.3 is 10.2 Å². The van der Waals surface area contributed by atoms with E-state index in [9.17, 15) is 10.2 Å².